The summed E-state index contributed by atoms with van der Waals surface area (Å²) >= 11 is 0. The molecule has 2 heterocycles. The van der Waals surface area contributed by atoms with E-state index in [1.165, 1.54) is 6.07 Å². The zero-order valence-electron chi connectivity index (χ0n) is 20.0. The first-order valence-corrected chi connectivity index (χ1v) is 11.2. The third kappa shape index (κ3) is 7.02. The van der Waals surface area contributed by atoms with E-state index in [2.05, 4.69) is 15.3 Å². The van der Waals surface area contributed by atoms with E-state index in [0.717, 1.165) is 29.0 Å². The minimum atomic E-state index is -1.01. The lowest BCUT2D eigenvalue weighted by Crippen LogP contribution is -2.37. The molecule has 182 valence electrons. The summed E-state index contributed by atoms with van der Waals surface area (Å²) in [4.78, 5) is 31.8. The number of carboxylic acid groups (broad SMARTS) is 1. The van der Waals surface area contributed by atoms with Gasteiger partial charge in [0.1, 0.15) is 12.2 Å². The molecule has 0 spiro atoms. The van der Waals surface area contributed by atoms with Gasteiger partial charge in [-0.15, -0.1) is 0 Å². The highest BCUT2D eigenvalue weighted by Gasteiger charge is 2.17. The molecule has 0 aliphatic rings. The van der Waals surface area contributed by atoms with E-state index in [9.17, 15) is 14.7 Å². The van der Waals surface area contributed by atoms with E-state index < -0.39 is 17.7 Å². The van der Waals surface area contributed by atoms with Gasteiger partial charge in [-0.05, 0) is 58.7 Å². The average molecular weight is 470 g/mol. The maximum Gasteiger partial charge on any atom is 0.407 e. The second-order valence-corrected chi connectivity index (χ2v) is 9.03. The number of nitrogens with one attached hydrogen (secondary N) is 1. The first kappa shape index (κ1) is 25.2. The molecule has 2 N–H and O–H groups in total. The number of aromatic nitrogens is 2. The van der Waals surface area contributed by atoms with Gasteiger partial charge >= 0.3 is 12.1 Å². The van der Waals surface area contributed by atoms with Crippen molar-refractivity contribution in [2.45, 2.75) is 52.2 Å². The van der Waals surface area contributed by atoms with Crippen molar-refractivity contribution in [3.63, 3.8) is 0 Å². The molecular weight excluding hydrogens is 438 g/mol. The van der Waals surface area contributed by atoms with Crippen molar-refractivity contribution in [2.24, 2.45) is 0 Å². The zero-order chi connectivity index (χ0) is 24.7. The smallest absolute Gasteiger partial charge is 0.407 e. The lowest BCUT2D eigenvalue weighted by atomic mass is 10.1. The maximum absolute atomic E-state index is 11.8. The number of nitrogens with zero attached hydrogens (tertiary/aromatic N) is 2. The van der Waals surface area contributed by atoms with Crippen LogP contribution in [0.15, 0.2) is 36.7 Å². The topological polar surface area (TPSA) is 120 Å². The number of pyridine rings is 2. The Bertz CT molecular complexity index is 1160. The van der Waals surface area contributed by atoms with Gasteiger partial charge in [0.25, 0.3) is 0 Å². The van der Waals surface area contributed by atoms with Crippen LogP contribution in [0.4, 0.5) is 4.79 Å². The molecule has 34 heavy (non-hydrogen) atoms. The molecule has 0 fully saturated rings. The summed E-state index contributed by atoms with van der Waals surface area (Å²) in [6, 6.07) is 6.62. The largest absolute Gasteiger partial charge is 0.478 e. The number of benzene rings is 1. The van der Waals surface area contributed by atoms with Gasteiger partial charge in [-0.1, -0.05) is 6.07 Å². The van der Waals surface area contributed by atoms with E-state index in [1.54, 1.807) is 24.5 Å². The van der Waals surface area contributed by atoms with Gasteiger partial charge in [0.05, 0.1) is 17.7 Å². The highest BCUT2D eigenvalue weighted by molar-refractivity contribution is 6.08. The molecule has 0 saturated carbocycles. The first-order chi connectivity index (χ1) is 16.1. The quantitative estimate of drug-likeness (QED) is 0.327. The molecule has 9 heteroatoms. The summed E-state index contributed by atoms with van der Waals surface area (Å²) < 4.78 is 16.8. The van der Waals surface area contributed by atoms with Crippen LogP contribution in [-0.4, -0.2) is 58.6 Å². The molecule has 9 nitrogen and oxygen atoms in total. The standard InChI is InChI=1S/C25H31N3O6/c1-16(27-24(31)34-25(2,3)4)6-5-11-32-12-13-33-22-19-9-10-26-15-20(19)18-8-7-17(23(29)30)14-21(18)28-22/h7-10,14-16H,5-6,11-13H2,1-4H3,(H,27,31)(H,29,30)/t16-/m0/s1. The van der Waals surface area contributed by atoms with Crippen LogP contribution in [0.1, 0.15) is 50.9 Å². The fourth-order valence-electron chi connectivity index (χ4n) is 3.43. The number of amides is 1. The first-order valence-electron chi connectivity index (χ1n) is 11.2. The van der Waals surface area contributed by atoms with Crippen LogP contribution >= 0.6 is 0 Å². The predicted octanol–water partition coefficient (Wildman–Crippen LogP) is 4.57. The predicted molar refractivity (Wildman–Crippen MR) is 128 cm³/mol. The highest BCUT2D eigenvalue weighted by Crippen LogP contribution is 2.30. The number of fused-ring (bicyclic) bond motifs is 3. The third-order valence-corrected chi connectivity index (χ3v) is 4.96. The Morgan fingerprint density at radius 1 is 1.09 bits per heavy atom. The Balaban J connectivity index is 1.49. The molecule has 3 rings (SSSR count). The summed E-state index contributed by atoms with van der Waals surface area (Å²) in [6.45, 7) is 8.60. The molecule has 2 aromatic heterocycles. The molecule has 0 unspecified atom stereocenters. The van der Waals surface area contributed by atoms with E-state index >= 15 is 0 Å². The summed E-state index contributed by atoms with van der Waals surface area (Å²) in [6.07, 6.45) is 4.50. The Morgan fingerprint density at radius 2 is 1.88 bits per heavy atom. The van der Waals surface area contributed by atoms with Crippen LogP contribution in [0.25, 0.3) is 21.7 Å². The second kappa shape index (κ2) is 11.1. The molecule has 1 atom stereocenters. The summed E-state index contributed by atoms with van der Waals surface area (Å²) in [7, 11) is 0. The van der Waals surface area contributed by atoms with Crippen molar-refractivity contribution < 1.29 is 28.9 Å². The van der Waals surface area contributed by atoms with Crippen LogP contribution in [0, 0.1) is 0 Å². The van der Waals surface area contributed by atoms with Crippen molar-refractivity contribution in [2.75, 3.05) is 19.8 Å². The van der Waals surface area contributed by atoms with E-state index in [0.29, 0.717) is 31.2 Å². The zero-order valence-corrected chi connectivity index (χ0v) is 20.0. The number of rotatable bonds is 10. The van der Waals surface area contributed by atoms with Gasteiger partial charge in [0.2, 0.25) is 5.88 Å². The highest BCUT2D eigenvalue weighted by atomic mass is 16.6. The number of alkyl carbamates (subject to hydrolysis) is 1. The van der Waals surface area contributed by atoms with Crippen LogP contribution < -0.4 is 10.1 Å². The van der Waals surface area contributed by atoms with Gasteiger partial charge in [-0.25, -0.2) is 14.6 Å². The molecule has 0 aliphatic heterocycles. The second-order valence-electron chi connectivity index (χ2n) is 9.03. The van der Waals surface area contributed by atoms with Gasteiger partial charge in [0, 0.05) is 41.2 Å². The number of carboxylic acids is 1. The number of carbonyl (C=O) groups excluding carboxylic acids is 1. The van der Waals surface area contributed by atoms with Crippen molar-refractivity contribution in [3.8, 4) is 5.88 Å². The minimum Gasteiger partial charge on any atom is -0.478 e. The Hall–Kier alpha value is -3.46. The Morgan fingerprint density at radius 3 is 2.62 bits per heavy atom. The fraction of sp³-hybridized carbons (Fsp3) is 0.440. The molecule has 1 amide bonds. The number of carbonyl (C=O) groups is 2. The normalized spacial score (nSPS) is 12.5. The minimum absolute atomic E-state index is 0.0211. The number of ether oxygens (including phenoxy) is 3. The van der Waals surface area contributed by atoms with Gasteiger partial charge in [-0.2, -0.15) is 0 Å². The van der Waals surface area contributed by atoms with E-state index in [1.807, 2.05) is 33.8 Å². The van der Waals surface area contributed by atoms with Crippen LogP contribution in [-0.2, 0) is 9.47 Å². The van der Waals surface area contributed by atoms with Gasteiger partial charge in [0.15, 0.2) is 0 Å². The molecular formula is C25H31N3O6. The average Bonchev–Trinajstić information content (AvgIpc) is 2.76. The van der Waals surface area contributed by atoms with Gasteiger partial charge in [-0.3, -0.25) is 4.98 Å². The molecule has 1 aromatic carbocycles. The SMILES string of the molecule is C[C@@H](CCCOCCOc1nc2cc(C(=O)O)ccc2c2cnccc12)NC(=O)OC(C)(C)C. The monoisotopic (exact) mass is 469 g/mol. The summed E-state index contributed by atoms with van der Waals surface area (Å²) in [5, 5.41) is 14.5. The lowest BCUT2D eigenvalue weighted by molar-refractivity contribution is 0.0499. The van der Waals surface area contributed by atoms with Crippen molar-refractivity contribution in [1.29, 1.82) is 0 Å². The van der Waals surface area contributed by atoms with Gasteiger partial charge < -0.3 is 24.6 Å². The van der Waals surface area contributed by atoms with Crippen molar-refractivity contribution >= 4 is 33.7 Å². The maximum atomic E-state index is 11.8. The Kier molecular flexibility index (Phi) is 8.22. The fourth-order valence-corrected chi connectivity index (χ4v) is 3.43. The van der Waals surface area contributed by atoms with E-state index in [-0.39, 0.29) is 11.6 Å². The number of hydrogen-bond acceptors (Lipinski definition) is 7. The van der Waals surface area contributed by atoms with Crippen LogP contribution in [0.3, 0.4) is 0 Å². The van der Waals surface area contributed by atoms with Crippen molar-refractivity contribution in [1.82, 2.24) is 15.3 Å². The third-order valence-electron chi connectivity index (χ3n) is 4.96. The molecule has 0 saturated heterocycles. The molecule has 0 bridgehead atoms. The number of aromatic carboxylic acids is 1. The lowest BCUT2D eigenvalue weighted by Gasteiger charge is -2.21. The summed E-state index contributed by atoms with van der Waals surface area (Å²) in [5.41, 5.74) is 0.170. The van der Waals surface area contributed by atoms with E-state index in [4.69, 9.17) is 14.2 Å². The van der Waals surface area contributed by atoms with Crippen LogP contribution in [0.5, 0.6) is 5.88 Å². The molecule has 0 radical (unpaired) electrons. The summed E-state index contributed by atoms with van der Waals surface area (Å²) in [5.74, 6) is -0.604. The van der Waals surface area contributed by atoms with Crippen molar-refractivity contribution in [3.05, 3.63) is 42.2 Å². The van der Waals surface area contributed by atoms with Crippen LogP contribution in [0.2, 0.25) is 0 Å². The number of hydrogen-bond donors (Lipinski definition) is 2. The molecule has 3 aromatic rings. The molecule has 0 aliphatic carbocycles. The Labute approximate surface area is 198 Å².